The van der Waals surface area contributed by atoms with E-state index in [1.807, 2.05) is 25.1 Å². The van der Waals surface area contributed by atoms with Crippen LogP contribution in [-0.4, -0.2) is 19.2 Å². The van der Waals surface area contributed by atoms with Crippen molar-refractivity contribution in [1.82, 2.24) is 4.98 Å². The fourth-order valence-corrected chi connectivity index (χ4v) is 2.46. The molecule has 2 N–H and O–H groups in total. The molecule has 7 heteroatoms. The number of rotatable bonds is 5. The van der Waals surface area contributed by atoms with Gasteiger partial charge in [-0.1, -0.05) is 17.7 Å². The molecule has 0 bridgehead atoms. The lowest BCUT2D eigenvalue weighted by atomic mass is 10.2. The van der Waals surface area contributed by atoms with Crippen LogP contribution in [0.1, 0.15) is 12.5 Å². The predicted octanol–water partition coefficient (Wildman–Crippen LogP) is 3.55. The summed E-state index contributed by atoms with van der Waals surface area (Å²) in [7, 11) is -3.28. The third kappa shape index (κ3) is 4.09. The highest BCUT2D eigenvalue weighted by molar-refractivity contribution is 7.92. The van der Waals surface area contributed by atoms with Crippen molar-refractivity contribution in [1.29, 1.82) is 0 Å². The summed E-state index contributed by atoms with van der Waals surface area (Å²) < 4.78 is 25.4. The number of halogens is 1. The quantitative estimate of drug-likeness (QED) is 0.882. The third-order valence-electron chi connectivity index (χ3n) is 2.95. The van der Waals surface area contributed by atoms with Crippen LogP contribution >= 0.6 is 11.6 Å². The van der Waals surface area contributed by atoms with Crippen molar-refractivity contribution in [2.24, 2.45) is 0 Å². The number of sulfonamides is 1. The van der Waals surface area contributed by atoms with Gasteiger partial charge in [-0.05, 0) is 43.7 Å². The molecule has 1 heterocycles. The smallest absolute Gasteiger partial charge is 0.232 e. The SMILES string of the molecule is CCS(=O)(=O)Nc1ccc(Nc2cccc(Cl)c2C)nc1. The van der Waals surface area contributed by atoms with Crippen LogP contribution in [0.3, 0.4) is 0 Å². The highest BCUT2D eigenvalue weighted by Crippen LogP contribution is 2.25. The standard InChI is InChI=1S/C14H16ClN3O2S/c1-3-21(19,20)18-11-7-8-14(16-9-11)17-13-6-4-5-12(15)10(13)2/h4-9,18H,3H2,1-2H3,(H,16,17). The molecule has 0 unspecified atom stereocenters. The summed E-state index contributed by atoms with van der Waals surface area (Å²) in [5, 5.41) is 3.82. The molecule has 1 aromatic heterocycles. The number of anilines is 3. The van der Waals surface area contributed by atoms with Gasteiger partial charge in [0.15, 0.2) is 0 Å². The Morgan fingerprint density at radius 3 is 2.62 bits per heavy atom. The second-order valence-electron chi connectivity index (χ2n) is 4.47. The van der Waals surface area contributed by atoms with E-state index in [9.17, 15) is 8.42 Å². The van der Waals surface area contributed by atoms with Gasteiger partial charge in [0, 0.05) is 10.7 Å². The van der Waals surface area contributed by atoms with Crippen LogP contribution in [0, 0.1) is 6.92 Å². The van der Waals surface area contributed by atoms with Crippen molar-refractivity contribution in [3.63, 3.8) is 0 Å². The molecule has 21 heavy (non-hydrogen) atoms. The lowest BCUT2D eigenvalue weighted by Crippen LogP contribution is -2.14. The van der Waals surface area contributed by atoms with Crippen molar-refractivity contribution >= 4 is 38.8 Å². The van der Waals surface area contributed by atoms with E-state index in [1.165, 1.54) is 6.20 Å². The zero-order chi connectivity index (χ0) is 15.5. The van der Waals surface area contributed by atoms with Crippen LogP contribution in [0.2, 0.25) is 5.02 Å². The largest absolute Gasteiger partial charge is 0.340 e. The van der Waals surface area contributed by atoms with Crippen molar-refractivity contribution in [3.8, 4) is 0 Å². The van der Waals surface area contributed by atoms with Crippen molar-refractivity contribution in [2.45, 2.75) is 13.8 Å². The molecule has 0 spiro atoms. The van der Waals surface area contributed by atoms with Crippen molar-refractivity contribution in [2.75, 3.05) is 15.8 Å². The van der Waals surface area contributed by atoms with E-state index in [4.69, 9.17) is 11.6 Å². The average molecular weight is 326 g/mol. The number of benzene rings is 1. The maximum absolute atomic E-state index is 11.5. The number of pyridine rings is 1. The lowest BCUT2D eigenvalue weighted by molar-refractivity contribution is 0.602. The summed E-state index contributed by atoms with van der Waals surface area (Å²) in [5.41, 5.74) is 2.22. The summed E-state index contributed by atoms with van der Waals surface area (Å²) in [5.74, 6) is 0.633. The molecular formula is C14H16ClN3O2S. The summed E-state index contributed by atoms with van der Waals surface area (Å²) in [6, 6.07) is 8.92. The summed E-state index contributed by atoms with van der Waals surface area (Å²) in [6.45, 7) is 3.49. The molecule has 112 valence electrons. The summed E-state index contributed by atoms with van der Waals surface area (Å²) in [4.78, 5) is 4.18. The third-order valence-corrected chi connectivity index (χ3v) is 4.66. The zero-order valence-electron chi connectivity index (χ0n) is 11.7. The first-order valence-corrected chi connectivity index (χ1v) is 8.43. The Kier molecular flexibility index (Phi) is 4.69. The fourth-order valence-electron chi connectivity index (χ4n) is 1.66. The molecule has 0 atom stereocenters. The van der Waals surface area contributed by atoms with Gasteiger partial charge in [0.25, 0.3) is 0 Å². The number of hydrogen-bond donors (Lipinski definition) is 2. The molecule has 2 rings (SSSR count). The summed E-state index contributed by atoms with van der Waals surface area (Å²) in [6.07, 6.45) is 1.47. The number of nitrogens with zero attached hydrogens (tertiary/aromatic N) is 1. The predicted molar refractivity (Wildman–Crippen MR) is 86.8 cm³/mol. The second-order valence-corrected chi connectivity index (χ2v) is 6.89. The van der Waals surface area contributed by atoms with Crippen LogP contribution < -0.4 is 10.0 Å². The molecule has 1 aromatic carbocycles. The number of hydrogen-bond acceptors (Lipinski definition) is 4. The monoisotopic (exact) mass is 325 g/mol. The Morgan fingerprint density at radius 2 is 2.00 bits per heavy atom. The first kappa shape index (κ1) is 15.6. The molecule has 0 aliphatic heterocycles. The minimum atomic E-state index is -3.28. The van der Waals surface area contributed by atoms with E-state index in [2.05, 4.69) is 15.0 Å². The van der Waals surface area contributed by atoms with E-state index < -0.39 is 10.0 Å². The minimum absolute atomic E-state index is 0.0225. The van der Waals surface area contributed by atoms with Gasteiger partial charge in [-0.3, -0.25) is 4.72 Å². The lowest BCUT2D eigenvalue weighted by Gasteiger charge is -2.11. The van der Waals surface area contributed by atoms with Crippen LogP contribution in [0.25, 0.3) is 0 Å². The maximum atomic E-state index is 11.5. The summed E-state index contributed by atoms with van der Waals surface area (Å²) >= 11 is 6.06. The second kappa shape index (κ2) is 6.32. The molecule has 0 saturated carbocycles. The van der Waals surface area contributed by atoms with Crippen molar-refractivity contribution < 1.29 is 8.42 Å². The van der Waals surface area contributed by atoms with E-state index >= 15 is 0 Å². The molecule has 2 aromatic rings. The Hall–Kier alpha value is -1.79. The van der Waals surface area contributed by atoms with E-state index in [0.29, 0.717) is 16.5 Å². The molecule has 0 aliphatic rings. The molecule has 0 aliphatic carbocycles. The molecule has 0 amide bonds. The van der Waals surface area contributed by atoms with Gasteiger partial charge in [-0.2, -0.15) is 0 Å². The van der Waals surface area contributed by atoms with Crippen LogP contribution in [0.4, 0.5) is 17.2 Å². The Bertz CT molecular complexity index is 730. The molecule has 0 radical (unpaired) electrons. The maximum Gasteiger partial charge on any atom is 0.232 e. The van der Waals surface area contributed by atoms with E-state index in [1.54, 1.807) is 19.1 Å². The van der Waals surface area contributed by atoms with Gasteiger partial charge in [0.2, 0.25) is 10.0 Å². The van der Waals surface area contributed by atoms with Gasteiger partial charge < -0.3 is 5.32 Å². The fraction of sp³-hybridized carbons (Fsp3) is 0.214. The van der Waals surface area contributed by atoms with Gasteiger partial charge >= 0.3 is 0 Å². The van der Waals surface area contributed by atoms with Gasteiger partial charge in [0.05, 0.1) is 17.6 Å². The Balaban J connectivity index is 2.15. The Labute approximate surface area is 129 Å². The van der Waals surface area contributed by atoms with E-state index in [0.717, 1.165) is 11.3 Å². The first-order chi connectivity index (χ1) is 9.91. The number of aromatic nitrogens is 1. The van der Waals surface area contributed by atoms with E-state index in [-0.39, 0.29) is 5.75 Å². The first-order valence-electron chi connectivity index (χ1n) is 6.40. The molecule has 5 nitrogen and oxygen atoms in total. The molecular weight excluding hydrogens is 310 g/mol. The minimum Gasteiger partial charge on any atom is -0.340 e. The van der Waals surface area contributed by atoms with Crippen LogP contribution in [0.5, 0.6) is 0 Å². The Morgan fingerprint density at radius 1 is 1.24 bits per heavy atom. The topological polar surface area (TPSA) is 71.1 Å². The highest BCUT2D eigenvalue weighted by Gasteiger charge is 2.07. The normalized spacial score (nSPS) is 11.2. The zero-order valence-corrected chi connectivity index (χ0v) is 13.3. The average Bonchev–Trinajstić information content (AvgIpc) is 2.46. The molecule has 0 fully saturated rings. The van der Waals surface area contributed by atoms with Gasteiger partial charge in [-0.25, -0.2) is 13.4 Å². The van der Waals surface area contributed by atoms with Gasteiger partial charge in [-0.15, -0.1) is 0 Å². The highest BCUT2D eigenvalue weighted by atomic mass is 35.5. The van der Waals surface area contributed by atoms with Crippen LogP contribution in [-0.2, 0) is 10.0 Å². The number of nitrogens with one attached hydrogen (secondary N) is 2. The van der Waals surface area contributed by atoms with Gasteiger partial charge in [0.1, 0.15) is 5.82 Å². The van der Waals surface area contributed by atoms with Crippen molar-refractivity contribution in [3.05, 3.63) is 47.1 Å². The van der Waals surface area contributed by atoms with Crippen LogP contribution in [0.15, 0.2) is 36.5 Å². The molecule has 0 saturated heterocycles.